The number of rotatable bonds is 8. The standard InChI is InChI=1S/C25H33N3O2/c1-7-10-24(30)22(16(4)8-2)11-17(5)21(9-3)19-12-20-15-27-25(28-18(6)29)13-23(20)26-14-19/h9,11-15,24,30H,7-8,10H2,1-6H3,(H,27,28,29)/b17-11-,21-9+,22-16-. The molecule has 0 spiro atoms. The van der Waals surface area contributed by atoms with Crippen LogP contribution in [0.4, 0.5) is 5.82 Å². The Hall–Kier alpha value is -2.79. The average molecular weight is 408 g/mol. The highest BCUT2D eigenvalue weighted by Gasteiger charge is 2.13. The summed E-state index contributed by atoms with van der Waals surface area (Å²) in [4.78, 5) is 20.1. The van der Waals surface area contributed by atoms with Gasteiger partial charge < -0.3 is 10.4 Å². The molecule has 1 atom stereocenters. The Labute approximate surface area is 179 Å². The molecule has 2 rings (SSSR count). The highest BCUT2D eigenvalue weighted by atomic mass is 16.3. The number of aliphatic hydroxyl groups excluding tert-OH is 1. The molecule has 160 valence electrons. The van der Waals surface area contributed by atoms with E-state index in [-0.39, 0.29) is 5.91 Å². The number of aliphatic hydroxyl groups is 1. The van der Waals surface area contributed by atoms with E-state index in [4.69, 9.17) is 0 Å². The molecule has 2 aromatic rings. The Morgan fingerprint density at radius 3 is 2.50 bits per heavy atom. The van der Waals surface area contributed by atoms with Crippen LogP contribution in [0.5, 0.6) is 0 Å². The topological polar surface area (TPSA) is 75.1 Å². The van der Waals surface area contributed by atoms with Crippen molar-refractivity contribution in [1.29, 1.82) is 0 Å². The van der Waals surface area contributed by atoms with Crippen LogP contribution in [-0.2, 0) is 4.79 Å². The molecule has 2 aromatic heterocycles. The third-order valence-electron chi connectivity index (χ3n) is 5.21. The highest BCUT2D eigenvalue weighted by Crippen LogP contribution is 2.28. The summed E-state index contributed by atoms with van der Waals surface area (Å²) < 4.78 is 0. The molecular formula is C25H33N3O2. The minimum absolute atomic E-state index is 0.160. The van der Waals surface area contributed by atoms with Crippen molar-refractivity contribution < 1.29 is 9.90 Å². The van der Waals surface area contributed by atoms with Crippen LogP contribution in [0.25, 0.3) is 16.5 Å². The maximum atomic E-state index is 11.2. The number of carbonyl (C=O) groups is 1. The molecule has 2 N–H and O–H groups in total. The van der Waals surface area contributed by atoms with E-state index in [9.17, 15) is 9.90 Å². The van der Waals surface area contributed by atoms with E-state index in [0.29, 0.717) is 5.82 Å². The maximum absolute atomic E-state index is 11.2. The number of fused-ring (bicyclic) bond motifs is 1. The first-order chi connectivity index (χ1) is 14.3. The number of carbonyl (C=O) groups excluding carboxylic acids is 1. The van der Waals surface area contributed by atoms with Crippen molar-refractivity contribution in [3.05, 3.63) is 59.0 Å². The van der Waals surface area contributed by atoms with Crippen LogP contribution in [0, 0.1) is 0 Å². The molecule has 0 aliphatic rings. The van der Waals surface area contributed by atoms with E-state index < -0.39 is 6.10 Å². The minimum Gasteiger partial charge on any atom is -0.388 e. The van der Waals surface area contributed by atoms with E-state index >= 15 is 0 Å². The highest BCUT2D eigenvalue weighted by molar-refractivity contribution is 5.91. The lowest BCUT2D eigenvalue weighted by Gasteiger charge is -2.17. The van der Waals surface area contributed by atoms with Crippen LogP contribution in [0.1, 0.15) is 66.4 Å². The van der Waals surface area contributed by atoms with Crippen molar-refractivity contribution in [2.45, 2.75) is 66.9 Å². The summed E-state index contributed by atoms with van der Waals surface area (Å²) in [5.74, 6) is 0.333. The lowest BCUT2D eigenvalue weighted by molar-refractivity contribution is -0.114. The van der Waals surface area contributed by atoms with E-state index in [1.165, 1.54) is 12.5 Å². The minimum atomic E-state index is -0.450. The quantitative estimate of drug-likeness (QED) is 0.540. The van der Waals surface area contributed by atoms with Gasteiger partial charge in [-0.1, -0.05) is 38.0 Å². The fraction of sp³-hybridized carbons (Fsp3) is 0.400. The summed E-state index contributed by atoms with van der Waals surface area (Å²) >= 11 is 0. The molecule has 0 aliphatic heterocycles. The summed E-state index contributed by atoms with van der Waals surface area (Å²) in [7, 11) is 0. The monoisotopic (exact) mass is 407 g/mol. The molecule has 0 saturated carbocycles. The van der Waals surface area contributed by atoms with Crippen molar-refractivity contribution in [2.75, 3.05) is 5.32 Å². The van der Waals surface area contributed by atoms with Crippen molar-refractivity contribution in [1.82, 2.24) is 9.97 Å². The molecule has 0 aliphatic carbocycles. The zero-order valence-electron chi connectivity index (χ0n) is 18.9. The zero-order valence-corrected chi connectivity index (χ0v) is 18.9. The van der Waals surface area contributed by atoms with E-state index in [2.05, 4.69) is 61.2 Å². The summed E-state index contributed by atoms with van der Waals surface area (Å²) in [6.45, 7) is 11.8. The predicted octanol–water partition coefficient (Wildman–Crippen LogP) is 5.83. The van der Waals surface area contributed by atoms with Crippen molar-refractivity contribution in [2.24, 2.45) is 0 Å². The van der Waals surface area contributed by atoms with Gasteiger partial charge >= 0.3 is 0 Å². The van der Waals surface area contributed by atoms with Gasteiger partial charge in [0.05, 0.1) is 11.6 Å². The number of allylic oxidation sites excluding steroid dienone is 4. The van der Waals surface area contributed by atoms with Gasteiger partial charge in [0.2, 0.25) is 5.91 Å². The Morgan fingerprint density at radius 2 is 1.90 bits per heavy atom. The molecule has 5 nitrogen and oxygen atoms in total. The first-order valence-corrected chi connectivity index (χ1v) is 10.6. The molecule has 30 heavy (non-hydrogen) atoms. The van der Waals surface area contributed by atoms with Gasteiger partial charge in [-0.3, -0.25) is 9.78 Å². The summed E-state index contributed by atoms with van der Waals surface area (Å²) in [5.41, 5.74) is 6.13. The number of nitrogens with one attached hydrogen (secondary N) is 1. The average Bonchev–Trinajstić information content (AvgIpc) is 2.71. The molecule has 2 heterocycles. The van der Waals surface area contributed by atoms with Crippen LogP contribution >= 0.6 is 0 Å². The lowest BCUT2D eigenvalue weighted by Crippen LogP contribution is -2.11. The van der Waals surface area contributed by atoms with Gasteiger partial charge in [-0.15, -0.1) is 0 Å². The van der Waals surface area contributed by atoms with Crippen molar-refractivity contribution in [3.63, 3.8) is 0 Å². The first kappa shape index (κ1) is 23.5. The zero-order chi connectivity index (χ0) is 22.3. The second-order valence-electron chi connectivity index (χ2n) is 7.59. The molecule has 0 aromatic carbocycles. The Kier molecular flexibility index (Phi) is 8.48. The second-order valence-corrected chi connectivity index (χ2v) is 7.59. The number of hydrogen-bond donors (Lipinski definition) is 2. The summed E-state index contributed by atoms with van der Waals surface area (Å²) in [5, 5.41) is 14.2. The largest absolute Gasteiger partial charge is 0.388 e. The van der Waals surface area contributed by atoms with E-state index in [0.717, 1.165) is 52.4 Å². The molecule has 0 fully saturated rings. The number of hydrogen-bond acceptors (Lipinski definition) is 4. The van der Waals surface area contributed by atoms with Crippen LogP contribution in [0.15, 0.2) is 53.4 Å². The fourth-order valence-electron chi connectivity index (χ4n) is 3.49. The lowest BCUT2D eigenvalue weighted by atomic mass is 9.92. The maximum Gasteiger partial charge on any atom is 0.222 e. The normalized spacial score (nSPS) is 14.5. The molecular weight excluding hydrogens is 374 g/mol. The second kappa shape index (κ2) is 10.8. The van der Waals surface area contributed by atoms with E-state index in [1.807, 2.05) is 13.1 Å². The molecule has 5 heteroatoms. The molecule has 0 radical (unpaired) electrons. The molecule has 1 amide bonds. The predicted molar refractivity (Wildman–Crippen MR) is 125 cm³/mol. The summed E-state index contributed by atoms with van der Waals surface area (Å²) in [6.07, 6.45) is 9.88. The van der Waals surface area contributed by atoms with Gasteiger partial charge in [-0.2, -0.15) is 0 Å². The van der Waals surface area contributed by atoms with Crippen LogP contribution < -0.4 is 5.32 Å². The number of anilines is 1. The number of aromatic nitrogens is 2. The molecule has 0 saturated heterocycles. The van der Waals surface area contributed by atoms with Crippen molar-refractivity contribution >= 4 is 28.2 Å². The van der Waals surface area contributed by atoms with Crippen molar-refractivity contribution in [3.8, 4) is 0 Å². The van der Waals surface area contributed by atoms with Crippen LogP contribution in [0.3, 0.4) is 0 Å². The first-order valence-electron chi connectivity index (χ1n) is 10.6. The van der Waals surface area contributed by atoms with Gasteiger partial charge in [-0.05, 0) is 56.4 Å². The Balaban J connectivity index is 2.43. The molecule has 0 bridgehead atoms. The van der Waals surface area contributed by atoms with Crippen LogP contribution in [0.2, 0.25) is 0 Å². The van der Waals surface area contributed by atoms with E-state index in [1.54, 1.807) is 12.3 Å². The third kappa shape index (κ3) is 5.86. The Morgan fingerprint density at radius 1 is 1.17 bits per heavy atom. The van der Waals surface area contributed by atoms with Gasteiger partial charge in [-0.25, -0.2) is 4.98 Å². The number of amides is 1. The fourth-order valence-corrected chi connectivity index (χ4v) is 3.49. The van der Waals surface area contributed by atoms with Crippen LogP contribution in [-0.4, -0.2) is 27.1 Å². The summed E-state index contributed by atoms with van der Waals surface area (Å²) in [6, 6.07) is 3.82. The third-order valence-corrected chi connectivity index (χ3v) is 5.21. The van der Waals surface area contributed by atoms with Gasteiger partial charge in [0.25, 0.3) is 0 Å². The number of pyridine rings is 2. The number of nitrogens with zero attached hydrogens (tertiary/aromatic N) is 2. The Bertz CT molecular complexity index is 1000. The van der Waals surface area contributed by atoms with Gasteiger partial charge in [0.1, 0.15) is 5.82 Å². The molecule has 1 unspecified atom stereocenters. The van der Waals surface area contributed by atoms with Gasteiger partial charge in [0, 0.05) is 36.3 Å². The smallest absolute Gasteiger partial charge is 0.222 e. The van der Waals surface area contributed by atoms with Gasteiger partial charge in [0.15, 0.2) is 0 Å². The SMILES string of the molecule is C\C=C(/C(C)=C\C(=C(/C)CC)C(O)CCC)c1cnc2cc(NC(C)=O)ncc2c1.